The first-order valence-corrected chi connectivity index (χ1v) is 11.0. The van der Waals surface area contributed by atoms with Gasteiger partial charge in [0.1, 0.15) is 10.7 Å². The third kappa shape index (κ3) is 3.58. The second-order valence-corrected chi connectivity index (χ2v) is 9.29. The number of rotatable bonds is 4. The van der Waals surface area contributed by atoms with Crippen molar-refractivity contribution in [3.8, 4) is 11.1 Å². The molecule has 1 atom stereocenters. The molecule has 8 heteroatoms. The summed E-state index contributed by atoms with van der Waals surface area (Å²) >= 11 is 0. The molecule has 152 valence electrons. The van der Waals surface area contributed by atoms with Crippen LogP contribution >= 0.6 is 0 Å². The summed E-state index contributed by atoms with van der Waals surface area (Å²) in [5.74, 6) is -0.293. The quantitative estimate of drug-likeness (QED) is 0.698. The molecule has 6 nitrogen and oxygen atoms in total. The maximum atomic E-state index is 13.4. The third-order valence-corrected chi connectivity index (χ3v) is 7.50. The molecule has 0 bridgehead atoms. The van der Waals surface area contributed by atoms with Gasteiger partial charge in [-0.1, -0.05) is 12.1 Å². The van der Waals surface area contributed by atoms with Gasteiger partial charge in [-0.2, -0.15) is 9.40 Å². The first-order chi connectivity index (χ1) is 13.8. The summed E-state index contributed by atoms with van der Waals surface area (Å²) in [5, 5.41) is 6.81. The van der Waals surface area contributed by atoms with Gasteiger partial charge in [0.15, 0.2) is 0 Å². The fourth-order valence-corrected chi connectivity index (χ4v) is 6.04. The largest absolute Gasteiger partial charge is 0.281 e. The van der Waals surface area contributed by atoms with Crippen molar-refractivity contribution >= 4 is 10.0 Å². The van der Waals surface area contributed by atoms with Crippen molar-refractivity contribution in [2.45, 2.75) is 44.6 Å². The predicted molar refractivity (Wildman–Crippen MR) is 108 cm³/mol. The lowest BCUT2D eigenvalue weighted by molar-refractivity contribution is 0.389. The molecule has 1 N–H and O–H groups in total. The van der Waals surface area contributed by atoms with Crippen LogP contribution in [-0.4, -0.2) is 34.4 Å². The molecule has 3 heterocycles. The number of aromatic nitrogens is 3. The van der Waals surface area contributed by atoms with Crippen LogP contribution in [0.15, 0.2) is 41.3 Å². The predicted octanol–water partition coefficient (Wildman–Crippen LogP) is 4.06. The average molecular weight is 415 g/mol. The zero-order valence-corrected chi connectivity index (χ0v) is 17.4. The van der Waals surface area contributed by atoms with E-state index < -0.39 is 10.0 Å². The van der Waals surface area contributed by atoms with E-state index in [2.05, 4.69) is 15.2 Å². The minimum absolute atomic E-state index is 0.246. The van der Waals surface area contributed by atoms with Crippen LogP contribution in [0.25, 0.3) is 11.1 Å². The van der Waals surface area contributed by atoms with Crippen molar-refractivity contribution in [2.24, 2.45) is 0 Å². The first-order valence-electron chi connectivity index (χ1n) is 9.55. The zero-order chi connectivity index (χ0) is 20.8. The maximum Gasteiger partial charge on any atom is 0.247 e. The Morgan fingerprint density at radius 2 is 1.83 bits per heavy atom. The van der Waals surface area contributed by atoms with E-state index in [4.69, 9.17) is 0 Å². The summed E-state index contributed by atoms with van der Waals surface area (Å²) in [6.45, 7) is 5.74. The van der Waals surface area contributed by atoms with Crippen LogP contribution < -0.4 is 0 Å². The Morgan fingerprint density at radius 1 is 1.10 bits per heavy atom. The van der Waals surface area contributed by atoms with E-state index in [0.29, 0.717) is 30.0 Å². The van der Waals surface area contributed by atoms with Crippen LogP contribution in [0.3, 0.4) is 0 Å². The number of aryl methyl sites for hydroxylation is 3. The highest BCUT2D eigenvalue weighted by Gasteiger charge is 2.39. The maximum absolute atomic E-state index is 13.4. The van der Waals surface area contributed by atoms with Gasteiger partial charge in [0.25, 0.3) is 0 Å². The minimum atomic E-state index is -3.70. The van der Waals surface area contributed by atoms with E-state index in [1.807, 2.05) is 19.1 Å². The van der Waals surface area contributed by atoms with Gasteiger partial charge >= 0.3 is 0 Å². The van der Waals surface area contributed by atoms with Gasteiger partial charge in [0.05, 0.1) is 23.1 Å². The second kappa shape index (κ2) is 7.35. The first kappa shape index (κ1) is 19.7. The van der Waals surface area contributed by atoms with E-state index in [1.54, 1.807) is 26.0 Å². The Labute approximate surface area is 169 Å². The molecule has 0 saturated carbocycles. The van der Waals surface area contributed by atoms with E-state index in [9.17, 15) is 12.8 Å². The van der Waals surface area contributed by atoms with E-state index in [-0.39, 0.29) is 16.8 Å². The van der Waals surface area contributed by atoms with Crippen LogP contribution in [0.1, 0.15) is 41.7 Å². The van der Waals surface area contributed by atoms with Gasteiger partial charge in [0, 0.05) is 12.2 Å². The fraction of sp³-hybridized carbons (Fsp3) is 0.333. The molecule has 1 fully saturated rings. The van der Waals surface area contributed by atoms with Crippen molar-refractivity contribution in [1.29, 1.82) is 0 Å². The number of halogens is 1. The van der Waals surface area contributed by atoms with E-state index in [0.717, 1.165) is 23.2 Å². The molecule has 0 amide bonds. The van der Waals surface area contributed by atoms with Gasteiger partial charge in [-0.25, -0.2) is 12.8 Å². The van der Waals surface area contributed by atoms with Crippen LogP contribution in [0, 0.1) is 26.6 Å². The molecule has 1 aromatic carbocycles. The Bertz CT molecular complexity index is 1140. The molecule has 0 spiro atoms. The summed E-state index contributed by atoms with van der Waals surface area (Å²) in [6.07, 6.45) is 1.47. The number of sulfonamides is 1. The lowest BCUT2D eigenvalue weighted by Crippen LogP contribution is -2.31. The summed E-state index contributed by atoms with van der Waals surface area (Å²) in [7, 11) is -3.70. The van der Waals surface area contributed by atoms with Crippen LogP contribution in [0.4, 0.5) is 4.39 Å². The lowest BCUT2D eigenvalue weighted by Gasteiger charge is -2.24. The van der Waals surface area contributed by atoms with Gasteiger partial charge in [0.2, 0.25) is 10.0 Å². The highest BCUT2D eigenvalue weighted by Crippen LogP contribution is 2.38. The summed E-state index contributed by atoms with van der Waals surface area (Å²) in [5.41, 5.74) is 4.28. The number of nitrogens with one attached hydrogen (secondary N) is 1. The topological polar surface area (TPSA) is 79.0 Å². The molecule has 3 aromatic rings. The SMILES string of the molecule is Cc1cc(-c2ccc(F)cc2)cc(C2CCCN2S(=O)(=O)c2c(C)n[nH]c2C)n1. The number of benzene rings is 1. The molecule has 1 unspecified atom stereocenters. The zero-order valence-electron chi connectivity index (χ0n) is 16.6. The van der Waals surface area contributed by atoms with E-state index in [1.165, 1.54) is 16.4 Å². The Hall–Kier alpha value is -2.58. The number of H-pyrrole nitrogens is 1. The Kier molecular flexibility index (Phi) is 5.00. The monoisotopic (exact) mass is 414 g/mol. The van der Waals surface area contributed by atoms with Crippen molar-refractivity contribution in [3.63, 3.8) is 0 Å². The highest BCUT2D eigenvalue weighted by molar-refractivity contribution is 7.89. The number of hydrogen-bond acceptors (Lipinski definition) is 4. The smallest absolute Gasteiger partial charge is 0.247 e. The van der Waals surface area contributed by atoms with Crippen molar-refractivity contribution in [1.82, 2.24) is 19.5 Å². The van der Waals surface area contributed by atoms with Crippen LogP contribution in [-0.2, 0) is 10.0 Å². The molecule has 1 saturated heterocycles. The lowest BCUT2D eigenvalue weighted by atomic mass is 10.0. The van der Waals surface area contributed by atoms with Gasteiger partial charge in [-0.3, -0.25) is 10.1 Å². The summed E-state index contributed by atoms with van der Waals surface area (Å²) in [4.78, 5) is 4.89. The van der Waals surface area contributed by atoms with Crippen LogP contribution in [0.2, 0.25) is 0 Å². The number of nitrogens with zero attached hydrogens (tertiary/aromatic N) is 3. The summed E-state index contributed by atoms with van der Waals surface area (Å²) in [6, 6.07) is 9.77. The molecule has 0 aliphatic carbocycles. The molecule has 1 aliphatic heterocycles. The molecule has 4 rings (SSSR count). The van der Waals surface area contributed by atoms with E-state index >= 15 is 0 Å². The van der Waals surface area contributed by atoms with Crippen molar-refractivity contribution < 1.29 is 12.8 Å². The van der Waals surface area contributed by atoms with Gasteiger partial charge in [-0.05, 0) is 69.0 Å². The fourth-order valence-electron chi connectivity index (χ4n) is 4.04. The van der Waals surface area contributed by atoms with Gasteiger partial charge < -0.3 is 0 Å². The normalized spacial score (nSPS) is 17.7. The molecule has 29 heavy (non-hydrogen) atoms. The molecule has 0 radical (unpaired) electrons. The number of pyridine rings is 1. The molecular weight excluding hydrogens is 391 g/mol. The van der Waals surface area contributed by atoms with Crippen LogP contribution in [0.5, 0.6) is 0 Å². The summed E-state index contributed by atoms with van der Waals surface area (Å²) < 4.78 is 41.6. The Balaban J connectivity index is 1.75. The average Bonchev–Trinajstić information content (AvgIpc) is 3.29. The Morgan fingerprint density at radius 3 is 2.48 bits per heavy atom. The molecule has 2 aromatic heterocycles. The standard InChI is InChI=1S/C21H23FN4O2S/c1-13-11-17(16-6-8-18(22)9-7-16)12-19(23-13)20-5-4-10-26(20)29(27,28)21-14(2)24-25-15(21)3/h6-9,11-12,20H,4-5,10H2,1-3H3,(H,24,25). The second-order valence-electron chi connectivity index (χ2n) is 7.47. The third-order valence-electron chi connectivity index (χ3n) is 5.32. The number of aromatic amines is 1. The van der Waals surface area contributed by atoms with Crippen molar-refractivity contribution in [3.05, 3.63) is 65.0 Å². The highest BCUT2D eigenvalue weighted by atomic mass is 32.2. The van der Waals surface area contributed by atoms with Gasteiger partial charge in [-0.15, -0.1) is 0 Å². The van der Waals surface area contributed by atoms with Crippen molar-refractivity contribution in [2.75, 3.05) is 6.54 Å². The number of hydrogen-bond donors (Lipinski definition) is 1. The minimum Gasteiger partial charge on any atom is -0.281 e. The molecular formula is C21H23FN4O2S. The molecule has 1 aliphatic rings.